The van der Waals surface area contributed by atoms with Gasteiger partial charge in [-0.05, 0) is 68.1 Å². The number of anilines is 1. The Hall–Kier alpha value is -2.33. The SMILES string of the molecule is Cc1ccccc1C(=O)NC[C@H](c1ccc2c(c1)CCN2C)N1CCCCC1. The van der Waals surface area contributed by atoms with Crippen LogP contribution in [-0.2, 0) is 6.42 Å². The third-order valence-electron chi connectivity index (χ3n) is 6.29. The van der Waals surface area contributed by atoms with E-state index in [1.807, 2.05) is 31.2 Å². The minimum absolute atomic E-state index is 0.0287. The van der Waals surface area contributed by atoms with Gasteiger partial charge in [0, 0.05) is 31.4 Å². The van der Waals surface area contributed by atoms with E-state index in [0.717, 1.165) is 37.2 Å². The number of fused-ring (bicyclic) bond motifs is 1. The van der Waals surface area contributed by atoms with Gasteiger partial charge in [0.2, 0.25) is 0 Å². The molecule has 4 heteroatoms. The summed E-state index contributed by atoms with van der Waals surface area (Å²) in [5.41, 5.74) is 5.92. The van der Waals surface area contributed by atoms with E-state index in [4.69, 9.17) is 0 Å². The minimum atomic E-state index is 0.0287. The number of piperidine rings is 1. The Kier molecular flexibility index (Phi) is 5.67. The van der Waals surface area contributed by atoms with Gasteiger partial charge in [0.05, 0.1) is 6.04 Å². The molecule has 2 aliphatic rings. The van der Waals surface area contributed by atoms with Crippen molar-refractivity contribution >= 4 is 11.6 Å². The van der Waals surface area contributed by atoms with Gasteiger partial charge in [-0.1, -0.05) is 36.8 Å². The molecule has 4 nitrogen and oxygen atoms in total. The van der Waals surface area contributed by atoms with Crippen LogP contribution in [0, 0.1) is 6.92 Å². The minimum Gasteiger partial charge on any atom is -0.374 e. The summed E-state index contributed by atoms with van der Waals surface area (Å²) in [4.78, 5) is 17.7. The van der Waals surface area contributed by atoms with Crippen LogP contribution in [0.4, 0.5) is 5.69 Å². The molecule has 0 unspecified atom stereocenters. The maximum absolute atomic E-state index is 12.8. The van der Waals surface area contributed by atoms with Crippen LogP contribution in [0.2, 0.25) is 0 Å². The molecule has 2 heterocycles. The molecule has 1 amide bonds. The summed E-state index contributed by atoms with van der Waals surface area (Å²) in [5.74, 6) is 0.0287. The molecule has 28 heavy (non-hydrogen) atoms. The number of nitrogens with zero attached hydrogens (tertiary/aromatic N) is 2. The molecule has 0 aliphatic carbocycles. The highest BCUT2D eigenvalue weighted by atomic mass is 16.1. The van der Waals surface area contributed by atoms with E-state index >= 15 is 0 Å². The number of nitrogens with one attached hydrogen (secondary N) is 1. The third-order valence-corrected chi connectivity index (χ3v) is 6.29. The van der Waals surface area contributed by atoms with Crippen LogP contribution in [0.5, 0.6) is 0 Å². The van der Waals surface area contributed by atoms with Crippen molar-refractivity contribution in [3.63, 3.8) is 0 Å². The molecule has 2 aromatic rings. The molecule has 1 N–H and O–H groups in total. The van der Waals surface area contributed by atoms with Gasteiger partial charge < -0.3 is 10.2 Å². The Bertz CT molecular complexity index is 841. The van der Waals surface area contributed by atoms with Gasteiger partial charge in [0.15, 0.2) is 0 Å². The summed E-state index contributed by atoms with van der Waals surface area (Å²) >= 11 is 0. The maximum atomic E-state index is 12.8. The molecule has 0 spiro atoms. The van der Waals surface area contributed by atoms with Crippen molar-refractivity contribution in [2.75, 3.05) is 38.1 Å². The Balaban J connectivity index is 1.54. The van der Waals surface area contributed by atoms with Crippen molar-refractivity contribution in [2.45, 2.75) is 38.6 Å². The topological polar surface area (TPSA) is 35.6 Å². The lowest BCUT2D eigenvalue weighted by molar-refractivity contribution is 0.0924. The van der Waals surface area contributed by atoms with Crippen LogP contribution in [-0.4, -0.2) is 44.0 Å². The summed E-state index contributed by atoms with van der Waals surface area (Å²) < 4.78 is 0. The van der Waals surface area contributed by atoms with E-state index in [9.17, 15) is 4.79 Å². The number of hydrogen-bond donors (Lipinski definition) is 1. The zero-order chi connectivity index (χ0) is 19.5. The quantitative estimate of drug-likeness (QED) is 0.857. The lowest BCUT2D eigenvalue weighted by Gasteiger charge is -2.35. The van der Waals surface area contributed by atoms with Crippen molar-refractivity contribution in [1.29, 1.82) is 0 Å². The monoisotopic (exact) mass is 377 g/mol. The van der Waals surface area contributed by atoms with Crippen LogP contribution < -0.4 is 10.2 Å². The zero-order valence-corrected chi connectivity index (χ0v) is 17.1. The highest BCUT2D eigenvalue weighted by molar-refractivity contribution is 5.95. The van der Waals surface area contributed by atoms with E-state index in [1.165, 1.54) is 36.1 Å². The third kappa shape index (κ3) is 3.93. The molecular weight excluding hydrogens is 346 g/mol. The molecule has 0 bridgehead atoms. The average molecular weight is 378 g/mol. The lowest BCUT2D eigenvalue weighted by atomic mass is 9.98. The van der Waals surface area contributed by atoms with E-state index in [-0.39, 0.29) is 11.9 Å². The zero-order valence-electron chi connectivity index (χ0n) is 17.1. The first-order valence-electron chi connectivity index (χ1n) is 10.6. The second kappa shape index (κ2) is 8.36. The van der Waals surface area contributed by atoms with Gasteiger partial charge >= 0.3 is 0 Å². The Labute approximate surface area is 168 Å². The van der Waals surface area contributed by atoms with Gasteiger partial charge in [-0.25, -0.2) is 0 Å². The molecule has 2 aromatic carbocycles. The van der Waals surface area contributed by atoms with Gasteiger partial charge in [0.25, 0.3) is 5.91 Å². The molecule has 1 saturated heterocycles. The normalized spacial score (nSPS) is 18.0. The number of benzene rings is 2. The Morgan fingerprint density at radius 2 is 1.86 bits per heavy atom. The number of carbonyl (C=O) groups excluding carboxylic acids is 1. The molecule has 0 aromatic heterocycles. The molecule has 1 atom stereocenters. The second-order valence-electron chi connectivity index (χ2n) is 8.20. The van der Waals surface area contributed by atoms with Crippen LogP contribution in [0.25, 0.3) is 0 Å². The highest BCUT2D eigenvalue weighted by Gasteiger charge is 2.25. The summed E-state index contributed by atoms with van der Waals surface area (Å²) in [7, 11) is 2.16. The smallest absolute Gasteiger partial charge is 0.251 e. The van der Waals surface area contributed by atoms with Crippen LogP contribution in [0.15, 0.2) is 42.5 Å². The molecule has 148 valence electrons. The number of likely N-dealkylation sites (N-methyl/N-ethyl adjacent to an activating group) is 1. The van der Waals surface area contributed by atoms with Crippen molar-refractivity contribution in [3.8, 4) is 0 Å². The fourth-order valence-electron chi connectivity index (χ4n) is 4.59. The molecule has 1 fully saturated rings. The number of rotatable bonds is 5. The molecule has 0 radical (unpaired) electrons. The van der Waals surface area contributed by atoms with E-state index in [0.29, 0.717) is 6.54 Å². The van der Waals surface area contributed by atoms with E-state index < -0.39 is 0 Å². The second-order valence-corrected chi connectivity index (χ2v) is 8.20. The van der Waals surface area contributed by atoms with Gasteiger partial charge in [-0.2, -0.15) is 0 Å². The number of likely N-dealkylation sites (tertiary alicyclic amines) is 1. The van der Waals surface area contributed by atoms with Crippen molar-refractivity contribution in [1.82, 2.24) is 10.2 Å². The first-order chi connectivity index (χ1) is 13.6. The van der Waals surface area contributed by atoms with E-state index in [2.05, 4.69) is 40.4 Å². The largest absolute Gasteiger partial charge is 0.374 e. The summed E-state index contributed by atoms with van der Waals surface area (Å²) in [5, 5.41) is 3.22. The Morgan fingerprint density at radius 1 is 1.07 bits per heavy atom. The Morgan fingerprint density at radius 3 is 2.64 bits per heavy atom. The number of hydrogen-bond acceptors (Lipinski definition) is 3. The average Bonchev–Trinajstić information content (AvgIpc) is 3.09. The number of aryl methyl sites for hydroxylation is 1. The highest BCUT2D eigenvalue weighted by Crippen LogP contribution is 2.32. The van der Waals surface area contributed by atoms with Gasteiger partial charge in [0.1, 0.15) is 0 Å². The molecule has 0 saturated carbocycles. The van der Waals surface area contributed by atoms with E-state index in [1.54, 1.807) is 0 Å². The van der Waals surface area contributed by atoms with Crippen molar-refractivity contribution < 1.29 is 4.79 Å². The molecule has 4 rings (SSSR count). The predicted molar refractivity (Wildman–Crippen MR) is 115 cm³/mol. The number of amides is 1. The summed E-state index contributed by atoms with van der Waals surface area (Å²) in [6.07, 6.45) is 4.92. The molecular formula is C24H31N3O. The lowest BCUT2D eigenvalue weighted by Crippen LogP contribution is -2.40. The number of carbonyl (C=O) groups is 1. The fourth-order valence-corrected chi connectivity index (χ4v) is 4.59. The van der Waals surface area contributed by atoms with Gasteiger partial charge in [-0.3, -0.25) is 9.69 Å². The fraction of sp³-hybridized carbons (Fsp3) is 0.458. The first-order valence-corrected chi connectivity index (χ1v) is 10.6. The summed E-state index contributed by atoms with van der Waals surface area (Å²) in [6.45, 7) is 5.97. The molecule has 2 aliphatic heterocycles. The van der Waals surface area contributed by atoms with Gasteiger partial charge in [-0.15, -0.1) is 0 Å². The maximum Gasteiger partial charge on any atom is 0.251 e. The van der Waals surface area contributed by atoms with Crippen LogP contribution in [0.1, 0.15) is 52.4 Å². The van der Waals surface area contributed by atoms with Crippen molar-refractivity contribution in [2.24, 2.45) is 0 Å². The first kappa shape index (κ1) is 19.0. The summed E-state index contributed by atoms with van der Waals surface area (Å²) in [6, 6.07) is 14.9. The predicted octanol–water partition coefficient (Wildman–Crippen LogP) is 3.94. The standard InChI is InChI=1S/C24H31N3O/c1-18-8-4-5-9-21(18)24(28)25-17-23(27-13-6-3-7-14-27)19-10-11-22-20(16-19)12-15-26(22)2/h4-5,8-11,16,23H,3,6-7,12-15,17H2,1-2H3,(H,25,28)/t23-/m1/s1. The van der Waals surface area contributed by atoms with Crippen molar-refractivity contribution in [3.05, 3.63) is 64.7 Å². The van der Waals surface area contributed by atoms with Crippen LogP contribution >= 0.6 is 0 Å². The van der Waals surface area contributed by atoms with Crippen LogP contribution in [0.3, 0.4) is 0 Å².